The average molecular weight is 287 g/mol. The van der Waals surface area contributed by atoms with Crippen LogP contribution in [0.3, 0.4) is 0 Å². The van der Waals surface area contributed by atoms with Crippen LogP contribution >= 0.6 is 0 Å². The molecule has 1 aromatic heterocycles. The van der Waals surface area contributed by atoms with Crippen LogP contribution in [0.4, 0.5) is 0 Å². The van der Waals surface area contributed by atoms with E-state index in [1.54, 1.807) is 0 Å². The Kier molecular flexibility index (Phi) is 4.80. The Morgan fingerprint density at radius 3 is 2.48 bits per heavy atom. The largest absolute Gasteiger partial charge is 0.394 e. The zero-order valence-corrected chi connectivity index (χ0v) is 13.3. The average Bonchev–Trinajstić information content (AvgIpc) is 2.80. The van der Waals surface area contributed by atoms with Gasteiger partial charge in [0.2, 0.25) is 0 Å². The summed E-state index contributed by atoms with van der Waals surface area (Å²) in [7, 11) is 0. The summed E-state index contributed by atoms with van der Waals surface area (Å²) < 4.78 is 1.98. The first kappa shape index (κ1) is 15.7. The lowest BCUT2D eigenvalue weighted by Gasteiger charge is -2.27. The predicted molar refractivity (Wildman–Crippen MR) is 85.7 cm³/mol. The van der Waals surface area contributed by atoms with Crippen molar-refractivity contribution in [2.75, 3.05) is 6.61 Å². The fourth-order valence-corrected chi connectivity index (χ4v) is 2.35. The molecule has 21 heavy (non-hydrogen) atoms. The molecule has 114 valence electrons. The molecule has 4 nitrogen and oxygen atoms in total. The van der Waals surface area contributed by atoms with Crippen molar-refractivity contribution in [2.24, 2.45) is 0 Å². The van der Waals surface area contributed by atoms with Crippen LogP contribution in [0.15, 0.2) is 30.3 Å². The number of para-hydroxylation sites is 1. The van der Waals surface area contributed by atoms with E-state index in [4.69, 9.17) is 0 Å². The Labute approximate surface area is 126 Å². The van der Waals surface area contributed by atoms with Crippen molar-refractivity contribution in [1.82, 2.24) is 15.1 Å². The molecule has 2 aromatic rings. The van der Waals surface area contributed by atoms with Gasteiger partial charge in [0.1, 0.15) is 0 Å². The molecule has 0 saturated carbocycles. The molecule has 0 aliphatic carbocycles. The fraction of sp³-hybridized carbons (Fsp3) is 0.471. The Morgan fingerprint density at radius 2 is 1.90 bits per heavy atom. The first-order valence-corrected chi connectivity index (χ1v) is 7.47. The second-order valence-corrected chi connectivity index (χ2v) is 5.82. The van der Waals surface area contributed by atoms with Crippen molar-refractivity contribution in [2.45, 2.75) is 46.2 Å². The van der Waals surface area contributed by atoms with Crippen molar-refractivity contribution in [3.05, 3.63) is 47.3 Å². The van der Waals surface area contributed by atoms with Crippen LogP contribution in [0, 0.1) is 13.8 Å². The molecular weight excluding hydrogens is 262 g/mol. The third kappa shape index (κ3) is 3.34. The fourth-order valence-electron chi connectivity index (χ4n) is 2.35. The zero-order chi connectivity index (χ0) is 15.5. The maximum atomic E-state index is 9.50. The standard InChI is InChI=1S/C17H25N3O/c1-5-17(4,12-21)18-11-16-13(2)19-20(14(16)3)15-9-7-6-8-10-15/h6-10,18,21H,5,11-12H2,1-4H3. The maximum Gasteiger partial charge on any atom is 0.0648 e. The van der Waals surface area contributed by atoms with Crippen LogP contribution in [-0.2, 0) is 6.54 Å². The zero-order valence-electron chi connectivity index (χ0n) is 13.3. The number of aryl methyl sites for hydroxylation is 1. The van der Waals surface area contributed by atoms with Gasteiger partial charge in [-0.3, -0.25) is 0 Å². The van der Waals surface area contributed by atoms with Gasteiger partial charge in [0, 0.05) is 23.3 Å². The highest BCUT2D eigenvalue weighted by atomic mass is 16.3. The lowest BCUT2D eigenvalue weighted by atomic mass is 9.99. The van der Waals surface area contributed by atoms with Crippen LogP contribution in [-0.4, -0.2) is 27.0 Å². The van der Waals surface area contributed by atoms with Gasteiger partial charge in [-0.05, 0) is 39.3 Å². The lowest BCUT2D eigenvalue weighted by molar-refractivity contribution is 0.169. The van der Waals surface area contributed by atoms with E-state index < -0.39 is 0 Å². The second-order valence-electron chi connectivity index (χ2n) is 5.82. The number of rotatable bonds is 6. The van der Waals surface area contributed by atoms with Gasteiger partial charge in [0.25, 0.3) is 0 Å². The van der Waals surface area contributed by atoms with Crippen molar-refractivity contribution in [3.8, 4) is 5.69 Å². The minimum absolute atomic E-state index is 0.133. The Bertz CT molecular complexity index is 586. The van der Waals surface area contributed by atoms with Gasteiger partial charge in [-0.1, -0.05) is 25.1 Å². The number of hydrogen-bond donors (Lipinski definition) is 2. The van der Waals surface area contributed by atoms with E-state index in [1.807, 2.05) is 36.7 Å². The molecule has 0 aliphatic heterocycles. The molecule has 0 spiro atoms. The molecule has 0 saturated heterocycles. The molecule has 0 amide bonds. The summed E-state index contributed by atoms with van der Waals surface area (Å²) in [6.45, 7) is 9.09. The molecule has 1 unspecified atom stereocenters. The van der Waals surface area contributed by atoms with Crippen LogP contribution in [0.5, 0.6) is 0 Å². The molecule has 4 heteroatoms. The third-order valence-corrected chi connectivity index (χ3v) is 4.26. The van der Waals surface area contributed by atoms with E-state index in [0.29, 0.717) is 0 Å². The minimum atomic E-state index is -0.242. The summed E-state index contributed by atoms with van der Waals surface area (Å²) in [5, 5.41) is 17.6. The minimum Gasteiger partial charge on any atom is -0.394 e. The normalized spacial score (nSPS) is 14.1. The molecule has 2 rings (SSSR count). The Balaban J connectivity index is 2.24. The SMILES string of the molecule is CCC(C)(CO)NCc1c(C)nn(-c2ccccc2)c1C. The smallest absolute Gasteiger partial charge is 0.0648 e. The summed E-state index contributed by atoms with van der Waals surface area (Å²) in [5.74, 6) is 0. The van der Waals surface area contributed by atoms with Crippen LogP contribution in [0.1, 0.15) is 37.2 Å². The highest BCUT2D eigenvalue weighted by Gasteiger charge is 2.21. The molecule has 1 heterocycles. The Morgan fingerprint density at radius 1 is 1.24 bits per heavy atom. The molecule has 0 aliphatic rings. The maximum absolute atomic E-state index is 9.50. The number of aromatic nitrogens is 2. The number of aliphatic hydroxyl groups excluding tert-OH is 1. The van der Waals surface area contributed by atoms with E-state index in [0.717, 1.165) is 30.0 Å². The molecule has 1 atom stereocenters. The monoisotopic (exact) mass is 287 g/mol. The van der Waals surface area contributed by atoms with E-state index in [2.05, 4.69) is 36.4 Å². The van der Waals surface area contributed by atoms with Gasteiger partial charge in [-0.15, -0.1) is 0 Å². The van der Waals surface area contributed by atoms with Crippen LogP contribution < -0.4 is 5.32 Å². The van der Waals surface area contributed by atoms with Gasteiger partial charge in [0.15, 0.2) is 0 Å². The van der Waals surface area contributed by atoms with Gasteiger partial charge in [0.05, 0.1) is 18.0 Å². The molecular formula is C17H25N3O. The number of nitrogens with zero attached hydrogens (tertiary/aromatic N) is 2. The molecule has 0 bridgehead atoms. The van der Waals surface area contributed by atoms with Crippen molar-refractivity contribution >= 4 is 0 Å². The highest BCUT2D eigenvalue weighted by Crippen LogP contribution is 2.19. The quantitative estimate of drug-likeness (QED) is 0.859. The van der Waals surface area contributed by atoms with Gasteiger partial charge in [-0.2, -0.15) is 5.10 Å². The molecule has 0 radical (unpaired) electrons. The van der Waals surface area contributed by atoms with Gasteiger partial charge < -0.3 is 10.4 Å². The molecule has 0 fully saturated rings. The highest BCUT2D eigenvalue weighted by molar-refractivity contribution is 5.36. The van der Waals surface area contributed by atoms with E-state index in [1.165, 1.54) is 5.56 Å². The molecule has 2 N–H and O–H groups in total. The van der Waals surface area contributed by atoms with Crippen molar-refractivity contribution < 1.29 is 5.11 Å². The number of nitrogens with one attached hydrogen (secondary N) is 1. The summed E-state index contributed by atoms with van der Waals surface area (Å²) in [4.78, 5) is 0. The van der Waals surface area contributed by atoms with Gasteiger partial charge in [-0.25, -0.2) is 4.68 Å². The summed E-state index contributed by atoms with van der Waals surface area (Å²) in [6, 6.07) is 10.2. The van der Waals surface area contributed by atoms with E-state index >= 15 is 0 Å². The van der Waals surface area contributed by atoms with Crippen molar-refractivity contribution in [1.29, 1.82) is 0 Å². The number of benzene rings is 1. The first-order chi connectivity index (χ1) is 10.0. The number of aliphatic hydroxyl groups is 1. The number of hydrogen-bond acceptors (Lipinski definition) is 3. The van der Waals surface area contributed by atoms with E-state index in [-0.39, 0.29) is 12.1 Å². The third-order valence-electron chi connectivity index (χ3n) is 4.26. The second kappa shape index (κ2) is 6.41. The lowest BCUT2D eigenvalue weighted by Crippen LogP contribution is -2.44. The summed E-state index contributed by atoms with van der Waals surface area (Å²) in [6.07, 6.45) is 0.883. The summed E-state index contributed by atoms with van der Waals surface area (Å²) >= 11 is 0. The predicted octanol–water partition coefficient (Wildman–Crippen LogP) is 2.74. The van der Waals surface area contributed by atoms with Crippen LogP contribution in [0.2, 0.25) is 0 Å². The van der Waals surface area contributed by atoms with Crippen LogP contribution in [0.25, 0.3) is 5.69 Å². The first-order valence-electron chi connectivity index (χ1n) is 7.47. The Hall–Kier alpha value is -1.65. The topological polar surface area (TPSA) is 50.1 Å². The molecule has 1 aromatic carbocycles. The summed E-state index contributed by atoms with van der Waals surface area (Å²) in [5.41, 5.74) is 4.20. The van der Waals surface area contributed by atoms with Crippen molar-refractivity contribution in [3.63, 3.8) is 0 Å². The van der Waals surface area contributed by atoms with Gasteiger partial charge >= 0.3 is 0 Å². The van der Waals surface area contributed by atoms with E-state index in [9.17, 15) is 5.11 Å².